The Kier molecular flexibility index (Phi) is 2.83. The Balaban J connectivity index is 2.32. The zero-order chi connectivity index (χ0) is 12.3. The van der Waals surface area contributed by atoms with Crippen LogP contribution in [-0.4, -0.2) is 9.97 Å². The van der Waals surface area contributed by atoms with Gasteiger partial charge in [-0.15, -0.1) is 0 Å². The minimum atomic E-state index is -0.651. The molecule has 0 saturated carbocycles. The Morgan fingerprint density at radius 3 is 2.88 bits per heavy atom. The zero-order valence-corrected chi connectivity index (χ0v) is 8.59. The van der Waals surface area contributed by atoms with Crippen molar-refractivity contribution in [1.82, 2.24) is 9.97 Å². The summed E-state index contributed by atoms with van der Waals surface area (Å²) in [4.78, 5) is 7.45. The van der Waals surface area contributed by atoms with Crippen LogP contribution in [0, 0.1) is 17.1 Å². The first-order valence-electron chi connectivity index (χ1n) is 4.63. The summed E-state index contributed by atoms with van der Waals surface area (Å²) in [5, 5.41) is 8.59. The van der Waals surface area contributed by atoms with Gasteiger partial charge in [0.2, 0.25) is 5.88 Å². The molecule has 1 aromatic carbocycles. The van der Waals surface area contributed by atoms with Gasteiger partial charge in [0, 0.05) is 0 Å². The minimum Gasteiger partial charge on any atom is -0.434 e. The number of hydrogen-bond donors (Lipinski definition) is 1. The largest absolute Gasteiger partial charge is 0.434 e. The van der Waals surface area contributed by atoms with Gasteiger partial charge in [0.15, 0.2) is 11.6 Å². The lowest BCUT2D eigenvalue weighted by Crippen LogP contribution is -1.97. The van der Waals surface area contributed by atoms with Crippen LogP contribution in [0.5, 0.6) is 11.6 Å². The summed E-state index contributed by atoms with van der Waals surface area (Å²) >= 11 is 0. The van der Waals surface area contributed by atoms with Crippen LogP contribution in [0.2, 0.25) is 0 Å². The van der Waals surface area contributed by atoms with Crippen LogP contribution in [0.1, 0.15) is 5.56 Å². The molecule has 0 atom stereocenters. The fraction of sp³-hybridized carbons (Fsp3) is 0. The highest BCUT2D eigenvalue weighted by Gasteiger charge is 2.08. The number of halogens is 1. The van der Waals surface area contributed by atoms with Gasteiger partial charge in [-0.25, -0.2) is 9.37 Å². The minimum absolute atomic E-state index is 0.0469. The second kappa shape index (κ2) is 4.45. The van der Waals surface area contributed by atoms with E-state index in [-0.39, 0.29) is 22.9 Å². The third-order valence-corrected chi connectivity index (χ3v) is 1.97. The smallest absolute Gasteiger partial charge is 0.245 e. The highest BCUT2D eigenvalue weighted by atomic mass is 19.1. The predicted octanol–water partition coefficient (Wildman–Crippen LogP) is 1.86. The van der Waals surface area contributed by atoms with Gasteiger partial charge in [-0.1, -0.05) is 0 Å². The van der Waals surface area contributed by atoms with Crippen molar-refractivity contribution < 1.29 is 9.13 Å². The molecule has 0 saturated heterocycles. The Morgan fingerprint density at radius 1 is 1.41 bits per heavy atom. The van der Waals surface area contributed by atoms with Gasteiger partial charge < -0.3 is 10.5 Å². The average Bonchev–Trinajstić information content (AvgIpc) is 2.34. The molecule has 2 rings (SSSR count). The van der Waals surface area contributed by atoms with Gasteiger partial charge in [-0.2, -0.15) is 10.2 Å². The van der Waals surface area contributed by atoms with E-state index >= 15 is 0 Å². The maximum Gasteiger partial charge on any atom is 0.245 e. The third kappa shape index (κ3) is 2.29. The first kappa shape index (κ1) is 10.8. The lowest BCUT2D eigenvalue weighted by molar-refractivity contribution is 0.428. The number of benzene rings is 1. The summed E-state index contributed by atoms with van der Waals surface area (Å²) in [6.45, 7) is 0. The molecule has 17 heavy (non-hydrogen) atoms. The van der Waals surface area contributed by atoms with Crippen molar-refractivity contribution in [3.8, 4) is 17.7 Å². The predicted molar refractivity (Wildman–Crippen MR) is 57.6 cm³/mol. The molecule has 0 spiro atoms. The molecule has 0 bridgehead atoms. The SMILES string of the molecule is N#Cc1ccc(Oc2ncncc2N)c(F)c1. The molecule has 0 aliphatic carbocycles. The third-order valence-electron chi connectivity index (χ3n) is 1.97. The van der Waals surface area contributed by atoms with Crippen molar-refractivity contribution >= 4 is 5.69 Å². The van der Waals surface area contributed by atoms with E-state index in [4.69, 9.17) is 15.7 Å². The van der Waals surface area contributed by atoms with Crippen LogP contribution < -0.4 is 10.5 Å². The average molecular weight is 230 g/mol. The number of nitrogen functional groups attached to an aromatic ring is 1. The van der Waals surface area contributed by atoms with E-state index in [0.29, 0.717) is 0 Å². The van der Waals surface area contributed by atoms with Crippen molar-refractivity contribution in [2.24, 2.45) is 0 Å². The van der Waals surface area contributed by atoms with Gasteiger partial charge in [-0.3, -0.25) is 0 Å². The van der Waals surface area contributed by atoms with Crippen LogP contribution in [-0.2, 0) is 0 Å². The molecule has 1 aromatic heterocycles. The first-order valence-corrected chi connectivity index (χ1v) is 4.63. The Morgan fingerprint density at radius 2 is 2.24 bits per heavy atom. The van der Waals surface area contributed by atoms with E-state index in [1.54, 1.807) is 0 Å². The van der Waals surface area contributed by atoms with E-state index in [9.17, 15) is 4.39 Å². The van der Waals surface area contributed by atoms with Gasteiger partial charge in [0.05, 0.1) is 17.8 Å². The molecule has 2 aromatic rings. The lowest BCUT2D eigenvalue weighted by Gasteiger charge is -2.07. The van der Waals surface area contributed by atoms with E-state index in [0.717, 1.165) is 6.07 Å². The molecule has 84 valence electrons. The highest BCUT2D eigenvalue weighted by Crippen LogP contribution is 2.26. The number of anilines is 1. The van der Waals surface area contributed by atoms with Crippen LogP contribution in [0.25, 0.3) is 0 Å². The fourth-order valence-corrected chi connectivity index (χ4v) is 1.17. The maximum absolute atomic E-state index is 13.5. The molecule has 0 aliphatic rings. The molecular formula is C11H7FN4O. The van der Waals surface area contributed by atoms with Gasteiger partial charge in [0.1, 0.15) is 12.0 Å². The molecule has 0 radical (unpaired) electrons. The second-order valence-electron chi connectivity index (χ2n) is 3.14. The molecule has 2 N–H and O–H groups in total. The summed E-state index contributed by atoms with van der Waals surface area (Å²) in [6.07, 6.45) is 2.59. The lowest BCUT2D eigenvalue weighted by atomic mass is 10.2. The molecule has 0 unspecified atom stereocenters. The summed E-state index contributed by atoms with van der Waals surface area (Å²) in [5.41, 5.74) is 5.97. The zero-order valence-electron chi connectivity index (χ0n) is 8.59. The Labute approximate surface area is 96.3 Å². The van der Waals surface area contributed by atoms with Crippen LogP contribution in [0.15, 0.2) is 30.7 Å². The molecule has 5 nitrogen and oxygen atoms in total. The van der Waals surface area contributed by atoms with Crippen molar-refractivity contribution in [1.29, 1.82) is 5.26 Å². The topological polar surface area (TPSA) is 84.8 Å². The summed E-state index contributed by atoms with van der Waals surface area (Å²) in [6, 6.07) is 5.68. The highest BCUT2D eigenvalue weighted by molar-refractivity contribution is 5.47. The molecule has 0 aliphatic heterocycles. The van der Waals surface area contributed by atoms with Crippen LogP contribution >= 0.6 is 0 Å². The van der Waals surface area contributed by atoms with Crippen molar-refractivity contribution in [2.45, 2.75) is 0 Å². The van der Waals surface area contributed by atoms with Crippen molar-refractivity contribution in [3.63, 3.8) is 0 Å². The maximum atomic E-state index is 13.5. The van der Waals surface area contributed by atoms with E-state index < -0.39 is 5.82 Å². The van der Waals surface area contributed by atoms with E-state index in [1.165, 1.54) is 24.7 Å². The Bertz CT molecular complexity index is 594. The molecule has 0 fully saturated rings. The van der Waals surface area contributed by atoms with E-state index in [1.807, 2.05) is 6.07 Å². The normalized spacial score (nSPS) is 9.65. The van der Waals surface area contributed by atoms with Crippen LogP contribution in [0.4, 0.5) is 10.1 Å². The molecule has 6 heteroatoms. The first-order chi connectivity index (χ1) is 8.20. The summed E-state index contributed by atoms with van der Waals surface area (Å²) in [7, 11) is 0. The summed E-state index contributed by atoms with van der Waals surface area (Å²) in [5.74, 6) is -0.625. The van der Waals surface area contributed by atoms with Gasteiger partial charge in [0.25, 0.3) is 0 Å². The van der Waals surface area contributed by atoms with E-state index in [2.05, 4.69) is 9.97 Å². The van der Waals surface area contributed by atoms with Crippen molar-refractivity contribution in [3.05, 3.63) is 42.1 Å². The second-order valence-corrected chi connectivity index (χ2v) is 3.14. The number of nitrogens with two attached hydrogens (primary N) is 1. The summed E-state index contributed by atoms with van der Waals surface area (Å²) < 4.78 is 18.7. The fourth-order valence-electron chi connectivity index (χ4n) is 1.17. The monoisotopic (exact) mass is 230 g/mol. The quantitative estimate of drug-likeness (QED) is 0.851. The van der Waals surface area contributed by atoms with Gasteiger partial charge >= 0.3 is 0 Å². The Hall–Kier alpha value is -2.68. The number of nitriles is 1. The number of rotatable bonds is 2. The molecule has 0 amide bonds. The standard InChI is InChI=1S/C11H7FN4O/c12-8-3-7(4-13)1-2-10(8)17-11-9(14)5-15-6-16-11/h1-3,5-6H,14H2. The number of hydrogen-bond acceptors (Lipinski definition) is 5. The molecule has 1 heterocycles. The number of aromatic nitrogens is 2. The van der Waals surface area contributed by atoms with Crippen molar-refractivity contribution in [2.75, 3.05) is 5.73 Å². The van der Waals surface area contributed by atoms with Crippen LogP contribution in [0.3, 0.4) is 0 Å². The molecular weight excluding hydrogens is 223 g/mol. The number of ether oxygens (including phenoxy) is 1. The van der Waals surface area contributed by atoms with Gasteiger partial charge in [-0.05, 0) is 18.2 Å². The number of nitrogens with zero attached hydrogens (tertiary/aromatic N) is 3.